The minimum absolute atomic E-state index is 0.0625. The van der Waals surface area contributed by atoms with Crippen LogP contribution in [0.15, 0.2) is 54.6 Å². The highest BCUT2D eigenvalue weighted by Gasteiger charge is 2.36. The molecule has 0 aromatic heterocycles. The molecular formula is C20H20N2O6. The number of hydrogen-bond donors (Lipinski definition) is 1. The first-order valence-corrected chi connectivity index (χ1v) is 8.90. The average Bonchev–Trinajstić information content (AvgIpc) is 2.72. The number of carboxylic acid groups (broad SMARTS) is 1. The fourth-order valence-corrected chi connectivity index (χ4v) is 3.34. The topological polar surface area (TPSA) is 110 Å². The summed E-state index contributed by atoms with van der Waals surface area (Å²) >= 11 is 0. The van der Waals surface area contributed by atoms with Crippen LogP contribution < -0.4 is 0 Å². The van der Waals surface area contributed by atoms with Gasteiger partial charge in [0.05, 0.1) is 16.9 Å². The first-order chi connectivity index (χ1) is 13.5. The van der Waals surface area contributed by atoms with Crippen molar-refractivity contribution in [1.29, 1.82) is 0 Å². The maximum absolute atomic E-state index is 12.7. The summed E-state index contributed by atoms with van der Waals surface area (Å²) in [5, 5.41) is 20.2. The van der Waals surface area contributed by atoms with Gasteiger partial charge in [0.25, 0.3) is 5.69 Å². The number of nitro benzene ring substituents is 1. The van der Waals surface area contributed by atoms with E-state index in [1.165, 1.54) is 17.0 Å². The van der Waals surface area contributed by atoms with E-state index in [-0.39, 0.29) is 25.3 Å². The fraction of sp³-hybridized carbons (Fsp3) is 0.300. The summed E-state index contributed by atoms with van der Waals surface area (Å²) in [6.07, 6.45) is 0.0309. The maximum Gasteiger partial charge on any atom is 0.410 e. The molecule has 1 heterocycles. The van der Waals surface area contributed by atoms with Gasteiger partial charge in [-0.05, 0) is 24.0 Å². The Labute approximate surface area is 161 Å². The summed E-state index contributed by atoms with van der Waals surface area (Å²) in [6.45, 7) is 0.359. The lowest BCUT2D eigenvalue weighted by molar-refractivity contribution is -0.384. The zero-order valence-electron chi connectivity index (χ0n) is 15.1. The molecular weight excluding hydrogens is 364 g/mol. The largest absolute Gasteiger partial charge is 0.481 e. The van der Waals surface area contributed by atoms with E-state index in [1.807, 2.05) is 30.3 Å². The number of nitrogens with zero attached hydrogens (tertiary/aromatic N) is 2. The second kappa shape index (κ2) is 8.51. The predicted molar refractivity (Wildman–Crippen MR) is 99.5 cm³/mol. The third kappa shape index (κ3) is 4.46. The monoisotopic (exact) mass is 384 g/mol. The Hall–Kier alpha value is -3.42. The average molecular weight is 384 g/mol. The van der Waals surface area contributed by atoms with Crippen molar-refractivity contribution in [3.63, 3.8) is 0 Å². The van der Waals surface area contributed by atoms with E-state index in [4.69, 9.17) is 4.74 Å². The Morgan fingerprint density at radius 1 is 1.14 bits per heavy atom. The second-order valence-corrected chi connectivity index (χ2v) is 6.66. The third-order valence-electron chi connectivity index (χ3n) is 4.88. The van der Waals surface area contributed by atoms with E-state index in [0.29, 0.717) is 12.0 Å². The predicted octanol–water partition coefficient (Wildman–Crippen LogP) is 3.77. The second-order valence-electron chi connectivity index (χ2n) is 6.66. The van der Waals surface area contributed by atoms with Gasteiger partial charge in [0.2, 0.25) is 0 Å². The van der Waals surface area contributed by atoms with Gasteiger partial charge in [-0.1, -0.05) is 42.5 Å². The summed E-state index contributed by atoms with van der Waals surface area (Å²) in [6, 6.07) is 14.6. The molecule has 2 aromatic rings. The van der Waals surface area contributed by atoms with Crippen LogP contribution in [0.3, 0.4) is 0 Å². The van der Waals surface area contributed by atoms with Crippen LogP contribution in [-0.4, -0.2) is 33.5 Å². The number of ether oxygens (including phenoxy) is 1. The van der Waals surface area contributed by atoms with Crippen molar-refractivity contribution < 1.29 is 24.4 Å². The smallest absolute Gasteiger partial charge is 0.410 e. The van der Waals surface area contributed by atoms with Crippen molar-refractivity contribution in [2.75, 3.05) is 6.54 Å². The van der Waals surface area contributed by atoms with Gasteiger partial charge < -0.3 is 14.7 Å². The number of hydrogen-bond acceptors (Lipinski definition) is 5. The van der Waals surface area contributed by atoms with Gasteiger partial charge in [-0.25, -0.2) is 4.79 Å². The van der Waals surface area contributed by atoms with E-state index >= 15 is 0 Å². The first kappa shape index (κ1) is 19.3. The lowest BCUT2D eigenvalue weighted by Gasteiger charge is -2.37. The molecule has 1 amide bonds. The molecule has 1 fully saturated rings. The summed E-state index contributed by atoms with van der Waals surface area (Å²) in [7, 11) is 0. The van der Waals surface area contributed by atoms with Crippen LogP contribution in [0.25, 0.3) is 0 Å². The number of rotatable bonds is 5. The summed E-state index contributed by atoms with van der Waals surface area (Å²) in [5.74, 6) is -1.50. The zero-order valence-corrected chi connectivity index (χ0v) is 15.1. The standard InChI is InChI=1S/C20H20N2O6/c23-19(24)16-10-11-21(20(25)28-13-14-4-2-1-3-5-14)18(12-16)15-6-8-17(9-7-15)22(26)27/h1-9,16,18H,10-13H2,(H,23,24). The van der Waals surface area contributed by atoms with Crippen LogP contribution in [0.5, 0.6) is 0 Å². The molecule has 0 radical (unpaired) electrons. The van der Waals surface area contributed by atoms with E-state index in [2.05, 4.69) is 0 Å². The molecule has 146 valence electrons. The molecule has 8 nitrogen and oxygen atoms in total. The van der Waals surface area contributed by atoms with E-state index in [1.54, 1.807) is 12.1 Å². The molecule has 0 saturated carbocycles. The highest BCUT2D eigenvalue weighted by Crippen LogP contribution is 2.35. The number of carbonyl (C=O) groups is 2. The van der Waals surface area contributed by atoms with Gasteiger partial charge in [-0.3, -0.25) is 14.9 Å². The molecule has 3 rings (SSSR count). The molecule has 1 aliphatic rings. The third-order valence-corrected chi connectivity index (χ3v) is 4.88. The number of likely N-dealkylation sites (tertiary alicyclic amines) is 1. The van der Waals surface area contributed by atoms with Crippen LogP contribution in [0.1, 0.15) is 30.0 Å². The van der Waals surface area contributed by atoms with Crippen LogP contribution in [0.4, 0.5) is 10.5 Å². The van der Waals surface area contributed by atoms with Gasteiger partial charge in [-0.2, -0.15) is 0 Å². The molecule has 8 heteroatoms. The number of carbonyl (C=O) groups excluding carboxylic acids is 1. The summed E-state index contributed by atoms with van der Waals surface area (Å²) < 4.78 is 5.41. The number of non-ortho nitro benzene ring substituents is 1. The first-order valence-electron chi connectivity index (χ1n) is 8.90. The van der Waals surface area contributed by atoms with Crippen LogP contribution in [0.2, 0.25) is 0 Å². The van der Waals surface area contributed by atoms with Crippen molar-refractivity contribution in [3.05, 3.63) is 75.8 Å². The lowest BCUT2D eigenvalue weighted by atomic mass is 9.87. The minimum Gasteiger partial charge on any atom is -0.481 e. The highest BCUT2D eigenvalue weighted by molar-refractivity contribution is 5.72. The molecule has 2 unspecified atom stereocenters. The van der Waals surface area contributed by atoms with E-state index in [9.17, 15) is 24.8 Å². The Kier molecular flexibility index (Phi) is 5.88. The van der Waals surface area contributed by atoms with Crippen LogP contribution >= 0.6 is 0 Å². The summed E-state index contributed by atoms with van der Waals surface area (Å²) in [5.41, 5.74) is 1.43. The summed E-state index contributed by atoms with van der Waals surface area (Å²) in [4.78, 5) is 36.0. The molecule has 0 spiro atoms. The quantitative estimate of drug-likeness (QED) is 0.621. The Morgan fingerprint density at radius 2 is 1.82 bits per heavy atom. The Bertz CT molecular complexity index is 853. The minimum atomic E-state index is -0.913. The number of amides is 1. The van der Waals surface area contributed by atoms with Crippen molar-refractivity contribution in [2.24, 2.45) is 5.92 Å². The van der Waals surface area contributed by atoms with Crippen LogP contribution in [-0.2, 0) is 16.1 Å². The molecule has 1 aliphatic heterocycles. The van der Waals surface area contributed by atoms with Gasteiger partial charge in [0.1, 0.15) is 6.61 Å². The van der Waals surface area contributed by atoms with Gasteiger partial charge >= 0.3 is 12.1 Å². The molecule has 28 heavy (non-hydrogen) atoms. The fourth-order valence-electron chi connectivity index (χ4n) is 3.34. The van der Waals surface area contributed by atoms with Gasteiger partial charge in [0, 0.05) is 18.7 Å². The molecule has 2 atom stereocenters. The highest BCUT2D eigenvalue weighted by atomic mass is 16.6. The van der Waals surface area contributed by atoms with Crippen molar-refractivity contribution in [2.45, 2.75) is 25.5 Å². The Balaban J connectivity index is 1.77. The number of nitro groups is 1. The van der Waals surface area contributed by atoms with E-state index in [0.717, 1.165) is 5.56 Å². The van der Waals surface area contributed by atoms with Crippen molar-refractivity contribution in [1.82, 2.24) is 4.90 Å². The SMILES string of the molecule is O=C(O)C1CCN(C(=O)OCc2ccccc2)C(c2ccc([N+](=O)[O-])cc2)C1. The van der Waals surface area contributed by atoms with Gasteiger partial charge in [-0.15, -0.1) is 0 Å². The molecule has 1 N–H and O–H groups in total. The molecule has 0 aliphatic carbocycles. The normalized spacial score (nSPS) is 19.1. The zero-order chi connectivity index (χ0) is 20.1. The maximum atomic E-state index is 12.7. The number of benzene rings is 2. The molecule has 0 bridgehead atoms. The number of carboxylic acids is 1. The van der Waals surface area contributed by atoms with Crippen molar-refractivity contribution >= 4 is 17.7 Å². The number of piperidine rings is 1. The molecule has 2 aromatic carbocycles. The van der Waals surface area contributed by atoms with Crippen molar-refractivity contribution in [3.8, 4) is 0 Å². The lowest BCUT2D eigenvalue weighted by Crippen LogP contribution is -2.42. The van der Waals surface area contributed by atoms with E-state index < -0.39 is 28.9 Å². The Morgan fingerprint density at radius 3 is 2.43 bits per heavy atom. The van der Waals surface area contributed by atoms with Crippen LogP contribution in [0, 0.1) is 16.0 Å². The molecule has 1 saturated heterocycles. The van der Waals surface area contributed by atoms with Gasteiger partial charge in [0.15, 0.2) is 0 Å². The number of aliphatic carboxylic acids is 1.